The molecular weight excluding hydrogens is 395 g/mol. The van der Waals surface area contributed by atoms with Crippen LogP contribution in [0.5, 0.6) is 0 Å². The van der Waals surface area contributed by atoms with Crippen LogP contribution < -0.4 is 0 Å². The number of alkyl halides is 1. The Morgan fingerprint density at radius 3 is 2.62 bits per heavy atom. The highest BCUT2D eigenvalue weighted by Gasteiger charge is 2.22. The number of halogens is 2. The van der Waals surface area contributed by atoms with Gasteiger partial charge in [-0.1, -0.05) is 26.2 Å². The van der Waals surface area contributed by atoms with Gasteiger partial charge < -0.3 is 4.57 Å². The van der Waals surface area contributed by atoms with Crippen LogP contribution in [0.4, 0.5) is 0 Å². The average molecular weight is 417 g/mol. The molecule has 1 aliphatic carbocycles. The number of benzene rings is 1. The van der Waals surface area contributed by atoms with Gasteiger partial charge in [0.1, 0.15) is 5.82 Å². The molecule has 1 heterocycles. The lowest BCUT2D eigenvalue weighted by Crippen LogP contribution is -2.19. The second-order valence-corrected chi connectivity index (χ2v) is 7.71. The first kappa shape index (κ1) is 15.6. The molecule has 2 nitrogen and oxygen atoms in total. The van der Waals surface area contributed by atoms with Crippen molar-refractivity contribution >= 4 is 45.2 Å². The van der Waals surface area contributed by atoms with Crippen LogP contribution in [0.25, 0.3) is 11.0 Å². The highest BCUT2D eigenvalue weighted by molar-refractivity contribution is 14.1. The molecule has 0 radical (unpaired) electrons. The summed E-state index contributed by atoms with van der Waals surface area (Å²) >= 11 is 8.46. The van der Waals surface area contributed by atoms with E-state index in [9.17, 15) is 0 Å². The quantitative estimate of drug-likeness (QED) is 0.469. The highest BCUT2D eigenvalue weighted by Crippen LogP contribution is 2.32. The van der Waals surface area contributed by atoms with Gasteiger partial charge in [-0.25, -0.2) is 4.98 Å². The summed E-state index contributed by atoms with van der Waals surface area (Å²) in [7, 11) is 0. The summed E-state index contributed by atoms with van der Waals surface area (Å²) in [6.45, 7) is 3.40. The molecule has 114 valence electrons. The van der Waals surface area contributed by atoms with Gasteiger partial charge in [-0.3, -0.25) is 0 Å². The molecule has 3 rings (SSSR count). The Morgan fingerprint density at radius 2 is 1.95 bits per heavy atom. The molecule has 1 saturated carbocycles. The predicted octanol–water partition coefficient (Wildman–Crippen LogP) is 5.60. The second-order valence-electron chi connectivity index (χ2n) is 6.20. The van der Waals surface area contributed by atoms with Gasteiger partial charge in [0.15, 0.2) is 0 Å². The van der Waals surface area contributed by atoms with Crippen molar-refractivity contribution in [1.29, 1.82) is 0 Å². The van der Waals surface area contributed by atoms with Crippen LogP contribution >= 0.6 is 34.2 Å². The zero-order chi connectivity index (χ0) is 14.8. The van der Waals surface area contributed by atoms with E-state index in [1.807, 2.05) is 0 Å². The molecule has 0 N–H and O–H groups in total. The van der Waals surface area contributed by atoms with Gasteiger partial charge in [0.05, 0.1) is 16.9 Å². The average Bonchev–Trinajstić information content (AvgIpc) is 2.85. The van der Waals surface area contributed by atoms with Crippen molar-refractivity contribution in [3.8, 4) is 0 Å². The third-order valence-corrected chi connectivity index (χ3v) is 5.80. The molecule has 1 aromatic heterocycles. The van der Waals surface area contributed by atoms with E-state index in [0.717, 1.165) is 29.7 Å². The molecule has 21 heavy (non-hydrogen) atoms. The zero-order valence-electron chi connectivity index (χ0n) is 12.5. The van der Waals surface area contributed by atoms with E-state index in [4.69, 9.17) is 16.6 Å². The number of nitrogens with zero attached hydrogens (tertiary/aromatic N) is 2. The Bertz CT molecular complexity index is 615. The molecule has 1 aliphatic rings. The van der Waals surface area contributed by atoms with Crippen LogP contribution in [0.1, 0.15) is 44.9 Å². The molecule has 0 bridgehead atoms. The van der Waals surface area contributed by atoms with Crippen LogP contribution in [-0.2, 0) is 12.4 Å². The fraction of sp³-hybridized carbons (Fsp3) is 0.588. The zero-order valence-corrected chi connectivity index (χ0v) is 15.4. The van der Waals surface area contributed by atoms with E-state index < -0.39 is 0 Å². The maximum absolute atomic E-state index is 6.12. The Balaban J connectivity index is 1.83. The molecular formula is C17H22ClIN2. The molecule has 2 aromatic rings. The molecule has 0 unspecified atom stereocenters. The van der Waals surface area contributed by atoms with Crippen LogP contribution in [0.2, 0.25) is 0 Å². The lowest BCUT2D eigenvalue weighted by Gasteiger charge is -2.28. The maximum Gasteiger partial charge on any atom is 0.124 e. The number of imidazole rings is 1. The van der Waals surface area contributed by atoms with Gasteiger partial charge >= 0.3 is 0 Å². The lowest BCUT2D eigenvalue weighted by atomic mass is 9.81. The molecule has 0 atom stereocenters. The number of hydrogen-bond donors (Lipinski definition) is 0. The van der Waals surface area contributed by atoms with Crippen molar-refractivity contribution in [1.82, 2.24) is 9.55 Å². The number of rotatable bonds is 4. The van der Waals surface area contributed by atoms with Crippen molar-refractivity contribution in [3.05, 3.63) is 27.6 Å². The van der Waals surface area contributed by atoms with E-state index in [-0.39, 0.29) is 0 Å². The van der Waals surface area contributed by atoms with E-state index in [2.05, 4.69) is 52.3 Å². The SMILES string of the molecule is CCC1CCC(Cn2c(CCl)nc3cc(I)ccc32)CC1. The molecule has 0 amide bonds. The largest absolute Gasteiger partial charge is 0.327 e. The van der Waals surface area contributed by atoms with Crippen LogP contribution in [-0.4, -0.2) is 9.55 Å². The Labute approximate surface area is 145 Å². The fourth-order valence-corrected chi connectivity index (χ4v) is 4.22. The standard InChI is InChI=1S/C17H22ClIN2/c1-2-12-3-5-13(6-4-12)11-21-16-8-7-14(19)9-15(16)20-17(21)10-18/h7-9,12-13H,2-6,10-11H2,1H3. The molecule has 0 spiro atoms. The van der Waals surface area contributed by atoms with E-state index in [0.29, 0.717) is 5.88 Å². The molecule has 0 aliphatic heterocycles. The summed E-state index contributed by atoms with van der Waals surface area (Å²) in [5.74, 6) is 3.25. The van der Waals surface area contributed by atoms with Gasteiger partial charge in [0.25, 0.3) is 0 Å². The minimum Gasteiger partial charge on any atom is -0.327 e. The highest BCUT2D eigenvalue weighted by atomic mass is 127. The second kappa shape index (κ2) is 6.86. The summed E-state index contributed by atoms with van der Waals surface area (Å²) < 4.78 is 3.59. The third kappa shape index (κ3) is 3.39. The third-order valence-electron chi connectivity index (χ3n) is 4.89. The smallest absolute Gasteiger partial charge is 0.124 e. The summed E-state index contributed by atoms with van der Waals surface area (Å²) in [4.78, 5) is 4.71. The van der Waals surface area contributed by atoms with Crippen molar-refractivity contribution in [2.24, 2.45) is 11.8 Å². The fourth-order valence-electron chi connectivity index (χ4n) is 3.54. The first-order valence-corrected chi connectivity index (χ1v) is 9.53. The van der Waals surface area contributed by atoms with Crippen molar-refractivity contribution in [2.45, 2.75) is 51.5 Å². The Morgan fingerprint density at radius 1 is 1.24 bits per heavy atom. The first-order chi connectivity index (χ1) is 10.2. The van der Waals surface area contributed by atoms with Crippen LogP contribution in [0, 0.1) is 15.4 Å². The monoisotopic (exact) mass is 416 g/mol. The molecule has 0 saturated heterocycles. The van der Waals surface area contributed by atoms with Gasteiger partial charge in [-0.15, -0.1) is 11.6 Å². The summed E-state index contributed by atoms with van der Waals surface area (Å²) in [5.41, 5.74) is 2.32. The molecule has 1 aromatic carbocycles. The molecule has 4 heteroatoms. The normalized spacial score (nSPS) is 22.8. The minimum absolute atomic E-state index is 0.496. The van der Waals surface area contributed by atoms with Gasteiger partial charge in [0.2, 0.25) is 0 Å². The molecule has 1 fully saturated rings. The first-order valence-electron chi connectivity index (χ1n) is 7.92. The maximum atomic E-state index is 6.12. The predicted molar refractivity (Wildman–Crippen MR) is 97.7 cm³/mol. The van der Waals surface area contributed by atoms with Gasteiger partial charge in [-0.05, 0) is 65.5 Å². The van der Waals surface area contributed by atoms with E-state index >= 15 is 0 Å². The topological polar surface area (TPSA) is 17.8 Å². The van der Waals surface area contributed by atoms with Gasteiger partial charge in [-0.2, -0.15) is 0 Å². The van der Waals surface area contributed by atoms with Crippen molar-refractivity contribution < 1.29 is 0 Å². The van der Waals surface area contributed by atoms with Crippen LogP contribution in [0.15, 0.2) is 18.2 Å². The summed E-state index contributed by atoms with van der Waals surface area (Å²) in [5, 5.41) is 0. The number of fused-ring (bicyclic) bond motifs is 1. The van der Waals surface area contributed by atoms with Crippen molar-refractivity contribution in [3.63, 3.8) is 0 Å². The summed E-state index contributed by atoms with van der Waals surface area (Å²) in [6.07, 6.45) is 6.82. The Hall–Kier alpha value is -0.290. The Kier molecular flexibility index (Phi) is 5.10. The number of aromatic nitrogens is 2. The minimum atomic E-state index is 0.496. The lowest BCUT2D eigenvalue weighted by molar-refractivity contribution is 0.248. The number of hydrogen-bond acceptors (Lipinski definition) is 1. The van der Waals surface area contributed by atoms with E-state index in [1.165, 1.54) is 41.2 Å². The van der Waals surface area contributed by atoms with E-state index in [1.54, 1.807) is 0 Å². The van der Waals surface area contributed by atoms with Crippen molar-refractivity contribution in [2.75, 3.05) is 0 Å². The summed E-state index contributed by atoms with van der Waals surface area (Å²) in [6, 6.07) is 6.50. The van der Waals surface area contributed by atoms with Crippen LogP contribution in [0.3, 0.4) is 0 Å². The van der Waals surface area contributed by atoms with Gasteiger partial charge in [0, 0.05) is 10.1 Å².